The van der Waals surface area contributed by atoms with E-state index in [2.05, 4.69) is 19.1 Å². The first-order valence-corrected chi connectivity index (χ1v) is 8.99. The molecule has 0 aliphatic heterocycles. The summed E-state index contributed by atoms with van der Waals surface area (Å²) in [6, 6.07) is 7.89. The molecule has 0 heterocycles. The Kier molecular flexibility index (Phi) is 10.4. The van der Waals surface area contributed by atoms with Crippen LogP contribution in [-0.4, -0.2) is 5.97 Å². The SMILES string of the molecule is CCCCCCCCCCCCc1ccc(OC(C)=O)cc1. The minimum atomic E-state index is -0.262. The van der Waals surface area contributed by atoms with E-state index in [1.807, 2.05) is 12.1 Å². The van der Waals surface area contributed by atoms with Crippen molar-refractivity contribution in [1.82, 2.24) is 0 Å². The van der Waals surface area contributed by atoms with E-state index in [-0.39, 0.29) is 5.97 Å². The number of aryl methyl sites for hydroxylation is 1. The Bertz CT molecular complexity index is 395. The molecule has 0 radical (unpaired) electrons. The Morgan fingerprint density at radius 1 is 0.818 bits per heavy atom. The third-order valence-electron chi connectivity index (χ3n) is 4.00. The van der Waals surface area contributed by atoms with Crippen molar-refractivity contribution in [3.8, 4) is 5.75 Å². The van der Waals surface area contributed by atoms with Gasteiger partial charge in [0, 0.05) is 6.92 Å². The predicted molar refractivity (Wildman–Crippen MR) is 93.3 cm³/mol. The van der Waals surface area contributed by atoms with Crippen molar-refractivity contribution in [3.05, 3.63) is 29.8 Å². The van der Waals surface area contributed by atoms with Crippen LogP contribution in [0.2, 0.25) is 0 Å². The lowest BCUT2D eigenvalue weighted by molar-refractivity contribution is -0.131. The van der Waals surface area contributed by atoms with Crippen LogP contribution in [0.1, 0.15) is 83.6 Å². The van der Waals surface area contributed by atoms with Crippen LogP contribution in [0.15, 0.2) is 24.3 Å². The molecule has 124 valence electrons. The molecule has 0 aliphatic rings. The van der Waals surface area contributed by atoms with Crippen LogP contribution >= 0.6 is 0 Å². The summed E-state index contributed by atoms with van der Waals surface area (Å²) >= 11 is 0. The number of esters is 1. The molecule has 0 aromatic heterocycles. The number of benzene rings is 1. The average Bonchev–Trinajstić information content (AvgIpc) is 2.50. The Hall–Kier alpha value is -1.31. The zero-order valence-corrected chi connectivity index (χ0v) is 14.4. The number of hydrogen-bond acceptors (Lipinski definition) is 2. The molecule has 0 saturated heterocycles. The fourth-order valence-corrected chi connectivity index (χ4v) is 2.71. The van der Waals surface area contributed by atoms with Crippen molar-refractivity contribution in [2.24, 2.45) is 0 Å². The highest BCUT2D eigenvalue weighted by Crippen LogP contribution is 2.15. The van der Waals surface area contributed by atoms with Gasteiger partial charge >= 0.3 is 5.97 Å². The Morgan fingerprint density at radius 2 is 1.32 bits per heavy atom. The molecular weight excluding hydrogens is 272 g/mol. The summed E-state index contributed by atoms with van der Waals surface area (Å²) in [4.78, 5) is 10.8. The largest absolute Gasteiger partial charge is 0.427 e. The fraction of sp³-hybridized carbons (Fsp3) is 0.650. The van der Waals surface area contributed by atoms with Gasteiger partial charge in [0.25, 0.3) is 0 Å². The van der Waals surface area contributed by atoms with Crippen LogP contribution in [0, 0.1) is 0 Å². The summed E-state index contributed by atoms with van der Waals surface area (Å²) in [6.45, 7) is 3.70. The van der Waals surface area contributed by atoms with Gasteiger partial charge in [-0.2, -0.15) is 0 Å². The van der Waals surface area contributed by atoms with Crippen LogP contribution in [0.5, 0.6) is 5.75 Å². The van der Waals surface area contributed by atoms with Crippen LogP contribution in [-0.2, 0) is 11.2 Å². The van der Waals surface area contributed by atoms with Crippen molar-refractivity contribution in [2.45, 2.75) is 84.5 Å². The maximum absolute atomic E-state index is 10.8. The third kappa shape index (κ3) is 9.59. The van der Waals surface area contributed by atoms with Crippen molar-refractivity contribution in [1.29, 1.82) is 0 Å². The first-order chi connectivity index (χ1) is 10.7. The van der Waals surface area contributed by atoms with Crippen LogP contribution in [0.25, 0.3) is 0 Å². The molecule has 1 rings (SSSR count). The standard InChI is InChI=1S/C20H32O2/c1-3-4-5-6-7-8-9-10-11-12-13-19-14-16-20(17-15-19)22-18(2)21/h14-17H,3-13H2,1-2H3. The van der Waals surface area contributed by atoms with Gasteiger partial charge in [0.15, 0.2) is 0 Å². The van der Waals surface area contributed by atoms with Crippen molar-refractivity contribution in [2.75, 3.05) is 0 Å². The summed E-state index contributed by atoms with van der Waals surface area (Å²) in [6.07, 6.45) is 14.8. The second-order valence-corrected chi connectivity index (χ2v) is 6.17. The summed E-state index contributed by atoms with van der Waals surface area (Å²) in [5.74, 6) is 0.377. The van der Waals surface area contributed by atoms with E-state index in [0.717, 1.165) is 6.42 Å². The zero-order valence-electron chi connectivity index (χ0n) is 14.4. The van der Waals surface area contributed by atoms with Gasteiger partial charge in [0.05, 0.1) is 0 Å². The highest BCUT2D eigenvalue weighted by Gasteiger charge is 1.99. The summed E-state index contributed by atoms with van der Waals surface area (Å²) < 4.78 is 5.04. The van der Waals surface area contributed by atoms with Gasteiger partial charge in [0.1, 0.15) is 5.75 Å². The van der Waals surface area contributed by atoms with Crippen molar-refractivity contribution in [3.63, 3.8) is 0 Å². The molecule has 0 unspecified atom stereocenters. The molecule has 22 heavy (non-hydrogen) atoms. The molecule has 0 fully saturated rings. The van der Waals surface area contributed by atoms with Gasteiger partial charge in [-0.25, -0.2) is 0 Å². The first kappa shape index (κ1) is 18.7. The highest BCUT2D eigenvalue weighted by molar-refractivity contribution is 5.69. The highest BCUT2D eigenvalue weighted by atomic mass is 16.5. The van der Waals surface area contributed by atoms with Crippen molar-refractivity contribution >= 4 is 5.97 Å². The molecule has 0 aliphatic carbocycles. The summed E-state index contributed by atoms with van der Waals surface area (Å²) in [5.41, 5.74) is 1.33. The number of ether oxygens (including phenoxy) is 1. The van der Waals surface area contributed by atoms with E-state index in [4.69, 9.17) is 4.74 Å². The molecular formula is C20H32O2. The number of carbonyl (C=O) groups excluding carboxylic acids is 1. The Morgan fingerprint density at radius 3 is 1.82 bits per heavy atom. The van der Waals surface area contributed by atoms with Gasteiger partial charge in [-0.15, -0.1) is 0 Å². The number of unbranched alkanes of at least 4 members (excludes halogenated alkanes) is 9. The van der Waals surface area contributed by atoms with Gasteiger partial charge in [0.2, 0.25) is 0 Å². The molecule has 0 spiro atoms. The van der Waals surface area contributed by atoms with E-state index < -0.39 is 0 Å². The van der Waals surface area contributed by atoms with Crippen LogP contribution in [0.3, 0.4) is 0 Å². The lowest BCUT2D eigenvalue weighted by atomic mass is 10.0. The van der Waals surface area contributed by atoms with Gasteiger partial charge in [-0.05, 0) is 30.5 Å². The number of hydrogen-bond donors (Lipinski definition) is 0. The number of carbonyl (C=O) groups is 1. The molecule has 0 atom stereocenters. The molecule has 0 bridgehead atoms. The molecule has 0 amide bonds. The topological polar surface area (TPSA) is 26.3 Å². The maximum atomic E-state index is 10.8. The first-order valence-electron chi connectivity index (χ1n) is 8.99. The second-order valence-electron chi connectivity index (χ2n) is 6.17. The number of rotatable bonds is 12. The lowest BCUT2D eigenvalue weighted by Gasteiger charge is -2.05. The van der Waals surface area contributed by atoms with Gasteiger partial charge in [-0.1, -0.05) is 76.8 Å². The van der Waals surface area contributed by atoms with E-state index in [0.29, 0.717) is 5.75 Å². The smallest absolute Gasteiger partial charge is 0.308 e. The predicted octanol–water partition coefficient (Wildman–Crippen LogP) is 6.08. The molecule has 0 N–H and O–H groups in total. The Labute approximate surface area is 136 Å². The van der Waals surface area contributed by atoms with E-state index in [9.17, 15) is 4.79 Å². The minimum absolute atomic E-state index is 0.262. The van der Waals surface area contributed by atoms with Crippen LogP contribution in [0.4, 0.5) is 0 Å². The van der Waals surface area contributed by atoms with E-state index in [1.54, 1.807) is 0 Å². The lowest BCUT2D eigenvalue weighted by Crippen LogP contribution is -2.01. The second kappa shape index (κ2) is 12.3. The third-order valence-corrected chi connectivity index (χ3v) is 4.00. The molecule has 0 saturated carbocycles. The summed E-state index contributed by atoms with van der Waals surface area (Å²) in [5, 5.41) is 0. The summed E-state index contributed by atoms with van der Waals surface area (Å²) in [7, 11) is 0. The average molecular weight is 304 g/mol. The minimum Gasteiger partial charge on any atom is -0.427 e. The van der Waals surface area contributed by atoms with E-state index in [1.165, 1.54) is 76.7 Å². The molecule has 1 aromatic carbocycles. The molecule has 1 aromatic rings. The van der Waals surface area contributed by atoms with Gasteiger partial charge in [-0.3, -0.25) is 4.79 Å². The zero-order chi connectivity index (χ0) is 16.0. The fourth-order valence-electron chi connectivity index (χ4n) is 2.71. The quantitative estimate of drug-likeness (QED) is 0.266. The van der Waals surface area contributed by atoms with Gasteiger partial charge < -0.3 is 4.74 Å². The Balaban J connectivity index is 1.99. The molecule has 2 nitrogen and oxygen atoms in total. The van der Waals surface area contributed by atoms with Crippen LogP contribution < -0.4 is 4.74 Å². The molecule has 2 heteroatoms. The van der Waals surface area contributed by atoms with Crippen molar-refractivity contribution < 1.29 is 9.53 Å². The maximum Gasteiger partial charge on any atom is 0.308 e. The normalized spacial score (nSPS) is 10.6. The monoisotopic (exact) mass is 304 g/mol. The van der Waals surface area contributed by atoms with E-state index >= 15 is 0 Å².